The number of rotatable bonds is 4. The van der Waals surface area contributed by atoms with Crippen LogP contribution in [0.4, 0.5) is 26.3 Å². The molecule has 0 unspecified atom stereocenters. The molecule has 0 aliphatic carbocycles. The number of hydrogen-bond acceptors (Lipinski definition) is 7. The zero-order valence-electron chi connectivity index (χ0n) is 19.4. The highest BCUT2D eigenvalue weighted by atomic mass is 19.4. The van der Waals surface area contributed by atoms with E-state index in [2.05, 4.69) is 33.2 Å². The largest absolute Gasteiger partial charge is 0.490 e. The number of aromatic nitrogens is 1. The third kappa shape index (κ3) is 8.82. The number of carboxylic acids is 2. The Kier molecular flexibility index (Phi) is 10.9. The molecule has 10 nitrogen and oxygen atoms in total. The number of hydrogen-bond donors (Lipinski definition) is 3. The molecule has 36 heavy (non-hydrogen) atoms. The summed E-state index contributed by atoms with van der Waals surface area (Å²) >= 11 is 0. The third-order valence-corrected chi connectivity index (χ3v) is 5.49. The second-order valence-electron chi connectivity index (χ2n) is 7.83. The van der Waals surface area contributed by atoms with Crippen molar-refractivity contribution in [2.75, 3.05) is 34.3 Å². The Bertz CT molecular complexity index is 889. The number of alkyl halides is 6. The van der Waals surface area contributed by atoms with E-state index in [-0.39, 0.29) is 11.9 Å². The number of amides is 1. The number of fused-ring (bicyclic) bond motifs is 1. The van der Waals surface area contributed by atoms with E-state index in [1.54, 1.807) is 20.4 Å². The summed E-state index contributed by atoms with van der Waals surface area (Å²) in [5.41, 5.74) is 1.12. The highest BCUT2D eigenvalue weighted by Gasteiger charge is 2.46. The summed E-state index contributed by atoms with van der Waals surface area (Å²) in [6.45, 7) is 2.87. The molecule has 16 heteroatoms. The first-order valence-electron chi connectivity index (χ1n) is 10.3. The van der Waals surface area contributed by atoms with Gasteiger partial charge in [0, 0.05) is 44.5 Å². The van der Waals surface area contributed by atoms with Crippen LogP contribution in [0.15, 0.2) is 18.3 Å². The van der Waals surface area contributed by atoms with Crippen molar-refractivity contribution in [1.29, 1.82) is 0 Å². The van der Waals surface area contributed by atoms with Gasteiger partial charge in [-0.15, -0.1) is 0 Å². The van der Waals surface area contributed by atoms with Crippen molar-refractivity contribution in [3.05, 3.63) is 23.9 Å². The van der Waals surface area contributed by atoms with Crippen molar-refractivity contribution in [2.45, 2.75) is 37.4 Å². The predicted octanol–water partition coefficient (Wildman–Crippen LogP) is 1.61. The van der Waals surface area contributed by atoms with Gasteiger partial charge in [0.2, 0.25) is 11.8 Å². The van der Waals surface area contributed by atoms with Crippen molar-refractivity contribution >= 4 is 17.8 Å². The summed E-state index contributed by atoms with van der Waals surface area (Å²) in [5.74, 6) is -4.11. The highest BCUT2D eigenvalue weighted by Crippen LogP contribution is 2.35. The lowest BCUT2D eigenvalue weighted by atomic mass is 10.0. The van der Waals surface area contributed by atoms with Gasteiger partial charge in [-0.2, -0.15) is 26.3 Å². The van der Waals surface area contributed by atoms with Gasteiger partial charge >= 0.3 is 24.3 Å². The Hall–Kier alpha value is -3.14. The molecule has 204 valence electrons. The molecule has 3 atom stereocenters. The lowest BCUT2D eigenvalue weighted by molar-refractivity contribution is -0.193. The van der Waals surface area contributed by atoms with Crippen LogP contribution in [-0.2, 0) is 20.9 Å². The summed E-state index contributed by atoms with van der Waals surface area (Å²) in [4.78, 5) is 38.6. The first kappa shape index (κ1) is 30.9. The van der Waals surface area contributed by atoms with Crippen LogP contribution in [0.5, 0.6) is 5.88 Å². The molecule has 0 spiro atoms. The van der Waals surface area contributed by atoms with Crippen LogP contribution in [0.2, 0.25) is 0 Å². The Labute approximate surface area is 201 Å². The lowest BCUT2D eigenvalue weighted by Gasteiger charge is -2.25. The van der Waals surface area contributed by atoms with Gasteiger partial charge in [-0.05, 0) is 25.5 Å². The van der Waals surface area contributed by atoms with Crippen LogP contribution >= 0.6 is 0 Å². The standard InChI is InChI=1S/C16H24N4O2.2C2HF3O2/c1-17-15(21)13-7-12-9-20(10-14(12)19(13)2)8-11-5-4-6-18-16(11)22-3;2*3-2(4,5)1(6)7/h4-6,12-14H,7-10H2,1-3H3,(H,17,21);2*(H,6,7)/t12-,13-,14+;;/m1../s1. The summed E-state index contributed by atoms with van der Waals surface area (Å²) in [5, 5.41) is 17.0. The molecule has 2 saturated heterocycles. The van der Waals surface area contributed by atoms with E-state index in [1.165, 1.54) is 0 Å². The van der Waals surface area contributed by atoms with Crippen LogP contribution in [0.3, 0.4) is 0 Å². The molecular weight excluding hydrogens is 506 g/mol. The highest BCUT2D eigenvalue weighted by molar-refractivity contribution is 5.81. The summed E-state index contributed by atoms with van der Waals surface area (Å²) in [7, 11) is 5.44. The fourth-order valence-corrected chi connectivity index (χ4v) is 3.88. The van der Waals surface area contributed by atoms with Gasteiger partial charge in [-0.3, -0.25) is 14.6 Å². The number of carboxylic acid groups (broad SMARTS) is 2. The van der Waals surface area contributed by atoms with Crippen molar-refractivity contribution in [3.8, 4) is 5.88 Å². The molecule has 0 bridgehead atoms. The van der Waals surface area contributed by atoms with Gasteiger partial charge in [0.25, 0.3) is 0 Å². The molecule has 0 radical (unpaired) electrons. The predicted molar refractivity (Wildman–Crippen MR) is 111 cm³/mol. The van der Waals surface area contributed by atoms with Crippen LogP contribution in [-0.4, -0.2) is 102 Å². The number of nitrogens with zero attached hydrogens (tertiary/aromatic N) is 3. The van der Waals surface area contributed by atoms with Gasteiger partial charge in [0.15, 0.2) is 0 Å². The summed E-state index contributed by atoms with van der Waals surface area (Å²) in [6, 6.07) is 4.50. The number of methoxy groups -OCH3 is 1. The zero-order valence-corrected chi connectivity index (χ0v) is 19.4. The molecule has 0 aromatic carbocycles. The lowest BCUT2D eigenvalue weighted by Crippen LogP contribution is -2.44. The molecule has 3 N–H and O–H groups in total. The van der Waals surface area contributed by atoms with Gasteiger partial charge in [0.05, 0.1) is 13.2 Å². The van der Waals surface area contributed by atoms with E-state index < -0.39 is 24.3 Å². The quantitative estimate of drug-likeness (QED) is 0.495. The van der Waals surface area contributed by atoms with Crippen LogP contribution in [0.1, 0.15) is 12.0 Å². The first-order valence-corrected chi connectivity index (χ1v) is 10.3. The maximum atomic E-state index is 11.9. The van der Waals surface area contributed by atoms with Crippen LogP contribution in [0.25, 0.3) is 0 Å². The number of carbonyl (C=O) groups excluding carboxylic acids is 1. The number of ether oxygens (including phenoxy) is 1. The molecule has 1 amide bonds. The van der Waals surface area contributed by atoms with Crippen molar-refractivity contribution in [2.24, 2.45) is 5.92 Å². The number of likely N-dealkylation sites (N-methyl/N-ethyl adjacent to an activating group) is 2. The molecule has 3 rings (SSSR count). The Morgan fingerprint density at radius 3 is 2.06 bits per heavy atom. The van der Waals surface area contributed by atoms with Crippen LogP contribution in [0, 0.1) is 5.92 Å². The number of carbonyl (C=O) groups is 3. The van der Waals surface area contributed by atoms with Crippen LogP contribution < -0.4 is 10.1 Å². The van der Waals surface area contributed by atoms with E-state index in [1.807, 2.05) is 6.07 Å². The van der Waals surface area contributed by atoms with E-state index in [4.69, 9.17) is 24.5 Å². The fourth-order valence-electron chi connectivity index (χ4n) is 3.88. The molecule has 2 aliphatic rings. The third-order valence-electron chi connectivity index (χ3n) is 5.49. The zero-order chi connectivity index (χ0) is 27.8. The first-order chi connectivity index (χ1) is 16.5. The van der Waals surface area contributed by atoms with Crippen molar-refractivity contribution in [3.63, 3.8) is 0 Å². The Morgan fingerprint density at radius 1 is 1.11 bits per heavy atom. The number of nitrogens with one attached hydrogen (secondary N) is 1. The molecule has 1 aromatic heterocycles. The summed E-state index contributed by atoms with van der Waals surface area (Å²) < 4.78 is 68.8. The normalized spacial score (nSPS) is 21.9. The number of aliphatic carboxylic acids is 2. The molecule has 3 heterocycles. The molecule has 2 fully saturated rings. The topological polar surface area (TPSA) is 132 Å². The van der Waals surface area contributed by atoms with E-state index in [0.29, 0.717) is 17.8 Å². The van der Waals surface area contributed by atoms with Gasteiger partial charge in [0.1, 0.15) is 0 Å². The maximum Gasteiger partial charge on any atom is 0.490 e. The number of likely N-dealkylation sites (tertiary alicyclic amines) is 2. The number of pyridine rings is 1. The Balaban J connectivity index is 0.000000383. The molecule has 2 aliphatic heterocycles. The van der Waals surface area contributed by atoms with Gasteiger partial charge in [-0.1, -0.05) is 6.07 Å². The Morgan fingerprint density at radius 2 is 1.64 bits per heavy atom. The second kappa shape index (κ2) is 12.7. The van der Waals surface area contributed by atoms with E-state index in [9.17, 15) is 31.1 Å². The monoisotopic (exact) mass is 532 g/mol. The maximum absolute atomic E-state index is 11.9. The minimum atomic E-state index is -5.08. The number of halogens is 6. The molecular formula is C20H26F6N4O6. The van der Waals surface area contributed by atoms with Gasteiger partial charge < -0.3 is 20.3 Å². The average molecular weight is 532 g/mol. The SMILES string of the molecule is CNC(=O)[C@H]1C[C@@H]2CN(Cc3cccnc3OC)C[C@@H]2N1C.O=C(O)C(F)(F)F.O=C(O)C(F)(F)F. The van der Waals surface area contributed by atoms with E-state index >= 15 is 0 Å². The average Bonchev–Trinajstić information content (AvgIpc) is 3.31. The minimum absolute atomic E-state index is 0.0232. The molecule has 1 aromatic rings. The second-order valence-corrected chi connectivity index (χ2v) is 7.83. The van der Waals surface area contributed by atoms with E-state index in [0.717, 1.165) is 31.6 Å². The summed E-state index contributed by atoms with van der Waals surface area (Å²) in [6.07, 6.45) is -7.47. The minimum Gasteiger partial charge on any atom is -0.481 e. The fraction of sp³-hybridized carbons (Fsp3) is 0.600. The van der Waals surface area contributed by atoms with Crippen molar-refractivity contribution in [1.82, 2.24) is 20.1 Å². The van der Waals surface area contributed by atoms with Crippen molar-refractivity contribution < 1.29 is 55.7 Å². The van der Waals surface area contributed by atoms with Gasteiger partial charge in [-0.25, -0.2) is 14.6 Å². The smallest absolute Gasteiger partial charge is 0.481 e. The molecule has 0 saturated carbocycles.